The van der Waals surface area contributed by atoms with Gasteiger partial charge in [0.15, 0.2) is 24.8 Å². The summed E-state index contributed by atoms with van der Waals surface area (Å²) in [5.41, 5.74) is 13.4. The molecule has 10 nitrogen and oxygen atoms in total. The molecule has 0 aliphatic heterocycles. The Labute approximate surface area is 483 Å². The Balaban J connectivity index is 0.000000462. The molecule has 2 atom stereocenters. The number of phosphoric ester groups is 2. The third-order valence-electron chi connectivity index (χ3n) is 14.0. The summed E-state index contributed by atoms with van der Waals surface area (Å²) >= 11 is 9.53. The number of hydrogen-bond donors (Lipinski definition) is 2. The van der Waals surface area contributed by atoms with Crippen molar-refractivity contribution in [3.05, 3.63) is 253 Å². The van der Waals surface area contributed by atoms with Gasteiger partial charge < -0.3 is 28.6 Å². The topological polar surface area (TPSA) is 167 Å². The summed E-state index contributed by atoms with van der Waals surface area (Å²) in [7, 11) is -11.1. The summed E-state index contributed by atoms with van der Waals surface area (Å²) in [5.74, 6) is -0.283. The van der Waals surface area contributed by atoms with E-state index in [1.54, 1.807) is 0 Å². The Morgan fingerprint density at radius 1 is 0.383 bits per heavy atom. The zero-order valence-electron chi connectivity index (χ0n) is 44.3. The number of phosphoric acid groups is 2. The highest BCUT2D eigenvalue weighted by Crippen LogP contribution is 2.58. The van der Waals surface area contributed by atoms with E-state index in [1.165, 1.54) is 0 Å². The molecule has 0 fully saturated rings. The van der Waals surface area contributed by atoms with E-state index in [0.29, 0.717) is 59.1 Å². The summed E-state index contributed by atoms with van der Waals surface area (Å²) in [6.07, 6.45) is 13.1. The molecule has 81 heavy (non-hydrogen) atoms. The summed E-state index contributed by atoms with van der Waals surface area (Å²) in [5, 5.41) is 0.194. The fourth-order valence-corrected chi connectivity index (χ4v) is 11.4. The van der Waals surface area contributed by atoms with Crippen LogP contribution >= 0.6 is 38.8 Å². The van der Waals surface area contributed by atoms with E-state index in [2.05, 4.69) is 22.1 Å². The van der Waals surface area contributed by atoms with Crippen LogP contribution in [0.4, 0.5) is 0 Å². The third-order valence-corrected chi connectivity index (χ3v) is 14.8. The van der Waals surface area contributed by atoms with E-state index >= 15 is 0 Å². The lowest BCUT2D eigenvalue weighted by molar-refractivity contribution is -0.378. The SMILES string of the molecule is ClCCl.O=P([O-])(O)Oc1c(-c2cc(-c3ccccc3)cc(-c3ccccc3)c2)cc2c(c1-c1c3c(cc(-c4cc(-c5ccccc5)cc(-c5ccccc5)c4)c1OP(=O)([O-])O)CCCC3)CCCC2.c1cc[nH+]cc1.c1cc[nH+]cc1. The zero-order valence-corrected chi connectivity index (χ0v) is 47.6. The Bertz CT molecular complexity index is 3350. The first-order valence-electron chi connectivity index (χ1n) is 26.7. The molecule has 0 spiro atoms. The van der Waals surface area contributed by atoms with Crippen molar-refractivity contribution in [3.63, 3.8) is 0 Å². The number of aryl methyl sites for hydroxylation is 2. The van der Waals surface area contributed by atoms with Gasteiger partial charge in [0.25, 0.3) is 0 Å². The van der Waals surface area contributed by atoms with Gasteiger partial charge in [0.05, 0.1) is 5.34 Å². The molecule has 2 aliphatic carbocycles. The van der Waals surface area contributed by atoms with Gasteiger partial charge in [0.1, 0.15) is 11.5 Å². The minimum Gasteiger partial charge on any atom is -0.746 e. The number of rotatable bonds is 11. The maximum Gasteiger partial charge on any atom is 0.317 e. The van der Waals surface area contributed by atoms with Crippen molar-refractivity contribution in [2.75, 3.05) is 5.34 Å². The molecule has 8 aromatic carbocycles. The van der Waals surface area contributed by atoms with Crippen molar-refractivity contribution < 1.29 is 47.7 Å². The molecule has 0 saturated carbocycles. The van der Waals surface area contributed by atoms with Gasteiger partial charge in [-0.05, 0) is 178 Å². The van der Waals surface area contributed by atoms with Gasteiger partial charge in [-0.3, -0.25) is 9.13 Å². The maximum absolute atomic E-state index is 13.3. The molecule has 0 saturated heterocycles. The second-order valence-electron chi connectivity index (χ2n) is 19.4. The first-order valence-corrected chi connectivity index (χ1v) is 30.7. The van der Waals surface area contributed by atoms with Crippen molar-refractivity contribution in [3.8, 4) is 89.4 Å². The van der Waals surface area contributed by atoms with Crippen LogP contribution in [0.1, 0.15) is 47.9 Å². The molecule has 4 N–H and O–H groups in total. The second kappa shape index (κ2) is 27.8. The Morgan fingerprint density at radius 2 is 0.642 bits per heavy atom. The molecule has 2 aliphatic rings. The van der Waals surface area contributed by atoms with Gasteiger partial charge in [0, 0.05) is 46.5 Å². The second-order valence-corrected chi connectivity index (χ2v) is 22.4. The van der Waals surface area contributed by atoms with Crippen molar-refractivity contribution >= 4 is 38.8 Å². The maximum atomic E-state index is 13.3. The van der Waals surface area contributed by atoms with Crippen LogP contribution in [0.5, 0.6) is 11.5 Å². The number of H-pyrrole nitrogens is 2. The lowest BCUT2D eigenvalue weighted by atomic mass is 9.77. The van der Waals surface area contributed by atoms with Gasteiger partial charge >= 0.3 is 15.6 Å². The lowest BCUT2D eigenvalue weighted by Gasteiger charge is -2.33. The quantitative estimate of drug-likeness (QED) is 0.0953. The summed E-state index contributed by atoms with van der Waals surface area (Å²) in [4.78, 5) is 54.1. The number of alkyl halides is 2. The van der Waals surface area contributed by atoms with Crippen LogP contribution in [0.3, 0.4) is 0 Å². The van der Waals surface area contributed by atoms with Crippen LogP contribution < -0.4 is 28.8 Å². The van der Waals surface area contributed by atoms with Crippen LogP contribution in [-0.2, 0) is 34.8 Å². The largest absolute Gasteiger partial charge is 0.746 e. The van der Waals surface area contributed by atoms with Crippen LogP contribution in [0.2, 0.25) is 0 Å². The minimum absolute atomic E-state index is 0.142. The number of benzene rings is 8. The molecule has 2 heterocycles. The Morgan fingerprint density at radius 3 is 0.889 bits per heavy atom. The predicted octanol–water partition coefficient (Wildman–Crippen LogP) is 15.2. The first kappa shape index (κ1) is 58.2. The Kier molecular flexibility index (Phi) is 20.0. The average Bonchev–Trinajstić information content (AvgIpc) is 3.63. The van der Waals surface area contributed by atoms with Gasteiger partial charge in [-0.1, -0.05) is 133 Å². The molecule has 0 radical (unpaired) electrons. The van der Waals surface area contributed by atoms with Gasteiger partial charge in [-0.25, -0.2) is 9.97 Å². The van der Waals surface area contributed by atoms with E-state index in [0.717, 1.165) is 92.4 Å². The van der Waals surface area contributed by atoms with Crippen molar-refractivity contribution in [2.45, 2.75) is 51.4 Å². The number of halogens is 2. The molecule has 410 valence electrons. The molecule has 0 bridgehead atoms. The molecule has 14 heteroatoms. The molecule has 0 amide bonds. The highest BCUT2D eigenvalue weighted by molar-refractivity contribution is 7.45. The molecule has 2 unspecified atom stereocenters. The van der Waals surface area contributed by atoms with Crippen molar-refractivity contribution in [1.82, 2.24) is 0 Å². The predicted molar refractivity (Wildman–Crippen MR) is 321 cm³/mol. The Hall–Kier alpha value is -7.46. The van der Waals surface area contributed by atoms with Crippen LogP contribution in [-0.4, -0.2) is 15.1 Å². The molecule has 10 aromatic rings. The molecule has 12 rings (SSSR count). The van der Waals surface area contributed by atoms with Crippen LogP contribution in [0.25, 0.3) is 77.9 Å². The monoisotopic (exact) mass is 1150 g/mol. The summed E-state index contributed by atoms with van der Waals surface area (Å²) in [6.45, 7) is 0. The normalized spacial score (nSPS) is 13.8. The summed E-state index contributed by atoms with van der Waals surface area (Å²) < 4.78 is 38.5. The van der Waals surface area contributed by atoms with E-state index in [9.17, 15) is 28.7 Å². The first-order chi connectivity index (χ1) is 39.4. The van der Waals surface area contributed by atoms with Crippen LogP contribution in [0.15, 0.2) is 231 Å². The van der Waals surface area contributed by atoms with E-state index in [4.69, 9.17) is 32.2 Å². The number of aromatic amines is 2. The summed E-state index contributed by atoms with van der Waals surface area (Å²) in [6, 6.07) is 67.3. The van der Waals surface area contributed by atoms with Gasteiger partial charge in [-0.2, -0.15) is 0 Å². The number of aromatic nitrogens is 2. The number of hydrogen-bond acceptors (Lipinski definition) is 6. The van der Waals surface area contributed by atoms with Gasteiger partial charge in [-0.15, -0.1) is 23.2 Å². The average molecular weight is 1150 g/mol. The number of fused-ring (bicyclic) bond motifs is 2. The van der Waals surface area contributed by atoms with Crippen molar-refractivity contribution in [2.24, 2.45) is 0 Å². The van der Waals surface area contributed by atoms with E-state index in [-0.39, 0.29) is 16.8 Å². The lowest BCUT2D eigenvalue weighted by Crippen LogP contribution is -2.15. The highest BCUT2D eigenvalue weighted by atomic mass is 35.5. The molecular weight excluding hydrogens is 1090 g/mol. The standard InChI is InChI=1S/C56H48O8P2.2C5H5N.CH2Cl2/c57-65(58,59)63-55-51(47-31-43(37-17-5-1-6-18-37)29-44(32-47)38-19-7-2-8-20-38)35-41-25-13-15-27-49(41)53(55)54-50-28-16-14-26-42(50)36-52(56(54)64-66(60,61)62)48-33-45(39-21-9-3-10-22-39)30-46(34-48)40-23-11-4-12-24-40;2*1-2-4-6-5-3-1;2-1-3/h1-12,17-24,29-36H,13-16,25-28H2,(H2,57,58,59)(H2,60,61,62);2*1-5H;1H2. The van der Waals surface area contributed by atoms with Crippen molar-refractivity contribution in [1.29, 1.82) is 0 Å². The van der Waals surface area contributed by atoms with E-state index in [1.807, 2.05) is 219 Å². The molecular formula is C67H60Cl2N2O8P2. The van der Waals surface area contributed by atoms with Gasteiger partial charge in [0.2, 0.25) is 0 Å². The van der Waals surface area contributed by atoms with Crippen LogP contribution in [0, 0.1) is 0 Å². The number of pyridine rings is 2. The third kappa shape index (κ3) is 15.5. The number of nitrogens with one attached hydrogen (secondary N) is 2. The minimum atomic E-state index is -5.55. The zero-order chi connectivity index (χ0) is 56.6. The van der Waals surface area contributed by atoms with E-state index < -0.39 is 15.6 Å². The fraction of sp³-hybridized carbons (Fsp3) is 0.134. The smallest absolute Gasteiger partial charge is 0.317 e. The highest BCUT2D eigenvalue weighted by Gasteiger charge is 2.33. The fourth-order valence-electron chi connectivity index (χ4n) is 10.6. The molecule has 2 aromatic heterocycles.